The number of rotatable bonds is 4. The molecule has 2 fully saturated rings. The smallest absolute Gasteiger partial charge is 0.453 e. The molecule has 0 aromatic carbocycles. The Hall–Kier alpha value is -2.23. The van der Waals surface area contributed by atoms with E-state index in [1.165, 1.54) is 0 Å². The van der Waals surface area contributed by atoms with E-state index >= 15 is 0 Å². The first-order valence-corrected chi connectivity index (χ1v) is 9.61. The molecule has 2 aliphatic rings. The van der Waals surface area contributed by atoms with Crippen molar-refractivity contribution in [2.75, 3.05) is 6.61 Å². The number of hydrogen-bond donors (Lipinski definition) is 0. The lowest BCUT2D eigenvalue weighted by Gasteiger charge is -2.53. The van der Waals surface area contributed by atoms with Crippen molar-refractivity contribution in [3.05, 3.63) is 22.8 Å². The van der Waals surface area contributed by atoms with Gasteiger partial charge in [0.05, 0.1) is 6.10 Å². The van der Waals surface area contributed by atoms with Gasteiger partial charge >= 0.3 is 12.1 Å². The summed E-state index contributed by atoms with van der Waals surface area (Å²) >= 11 is 0. The first-order chi connectivity index (χ1) is 13.5. The van der Waals surface area contributed by atoms with Crippen molar-refractivity contribution in [2.24, 2.45) is 11.3 Å². The Morgan fingerprint density at radius 2 is 2.03 bits per heavy atom. The zero-order chi connectivity index (χ0) is 21.1. The van der Waals surface area contributed by atoms with Crippen LogP contribution in [0.25, 0.3) is 5.78 Å². The van der Waals surface area contributed by atoms with Crippen LogP contribution in [0.1, 0.15) is 49.5 Å². The number of hydrogen-bond acceptors (Lipinski definition) is 6. The quantitative estimate of drug-likeness (QED) is 0.719. The molecule has 0 amide bonds. The van der Waals surface area contributed by atoms with E-state index in [2.05, 4.69) is 15.1 Å². The largest absolute Gasteiger partial charge is 0.461 e. The molecule has 0 unspecified atom stereocenters. The maximum atomic E-state index is 12.9. The van der Waals surface area contributed by atoms with Crippen LogP contribution in [0, 0.1) is 25.2 Å². The fourth-order valence-electron chi connectivity index (χ4n) is 4.63. The summed E-state index contributed by atoms with van der Waals surface area (Å²) in [6.45, 7) is 8.09. The minimum Gasteiger partial charge on any atom is -0.461 e. The van der Waals surface area contributed by atoms with Crippen LogP contribution in [0.15, 0.2) is 0 Å². The highest BCUT2D eigenvalue weighted by molar-refractivity contribution is 5.70. The summed E-state index contributed by atoms with van der Waals surface area (Å²) in [6, 6.07) is 0. The van der Waals surface area contributed by atoms with Crippen molar-refractivity contribution < 1.29 is 27.4 Å². The van der Waals surface area contributed by atoms with E-state index in [9.17, 15) is 18.0 Å². The van der Waals surface area contributed by atoms with E-state index in [4.69, 9.17) is 9.47 Å². The summed E-state index contributed by atoms with van der Waals surface area (Å²) in [4.78, 5) is 20.0. The van der Waals surface area contributed by atoms with Gasteiger partial charge in [0.1, 0.15) is 6.10 Å². The minimum atomic E-state index is -4.64. The van der Waals surface area contributed by atoms with Crippen LogP contribution in [0.2, 0.25) is 0 Å². The topological polar surface area (TPSA) is 78.6 Å². The van der Waals surface area contributed by atoms with E-state index in [0.29, 0.717) is 30.0 Å². The highest BCUT2D eigenvalue weighted by Gasteiger charge is 2.61. The molecule has 10 heteroatoms. The van der Waals surface area contributed by atoms with Crippen molar-refractivity contribution >= 4 is 11.7 Å². The van der Waals surface area contributed by atoms with Gasteiger partial charge in [0.25, 0.3) is 11.6 Å². The lowest BCUT2D eigenvalue weighted by Crippen LogP contribution is -2.61. The highest BCUT2D eigenvalue weighted by Crippen LogP contribution is 2.53. The first kappa shape index (κ1) is 20.1. The molecule has 3 atom stereocenters. The SMILES string of the molecule is Cc1nc2nc(C(F)(F)F)nn2c(C)c1CCC(=O)O[C@@H]1[C@H]2CCO[C@H]2C1(C)C. The molecule has 0 bridgehead atoms. The molecule has 3 heterocycles. The van der Waals surface area contributed by atoms with Gasteiger partial charge in [-0.3, -0.25) is 4.79 Å². The van der Waals surface area contributed by atoms with Crippen molar-refractivity contribution in [3.63, 3.8) is 0 Å². The van der Waals surface area contributed by atoms with Gasteiger partial charge in [0.2, 0.25) is 0 Å². The average Bonchev–Trinajstić information content (AvgIpc) is 3.25. The Labute approximate surface area is 165 Å². The third kappa shape index (κ3) is 3.27. The van der Waals surface area contributed by atoms with Crippen LogP contribution in [0.3, 0.4) is 0 Å². The normalized spacial score (nSPS) is 25.7. The van der Waals surface area contributed by atoms with Gasteiger partial charge < -0.3 is 9.47 Å². The maximum absolute atomic E-state index is 12.9. The van der Waals surface area contributed by atoms with E-state index in [-0.39, 0.29) is 41.7 Å². The molecule has 29 heavy (non-hydrogen) atoms. The third-order valence-corrected chi connectivity index (χ3v) is 6.13. The molecule has 4 rings (SSSR count). The van der Waals surface area contributed by atoms with Crippen LogP contribution in [0.5, 0.6) is 0 Å². The number of esters is 1. The number of carbonyl (C=O) groups excluding carboxylic acids is 1. The van der Waals surface area contributed by atoms with Gasteiger partial charge in [-0.1, -0.05) is 13.8 Å². The predicted octanol–water partition coefficient (Wildman–Crippen LogP) is 3.05. The molecule has 0 N–H and O–H groups in total. The summed E-state index contributed by atoms with van der Waals surface area (Å²) in [5.41, 5.74) is 1.47. The van der Waals surface area contributed by atoms with Crippen LogP contribution in [-0.2, 0) is 26.9 Å². The highest BCUT2D eigenvalue weighted by atomic mass is 19.4. The van der Waals surface area contributed by atoms with E-state index in [1.807, 2.05) is 13.8 Å². The van der Waals surface area contributed by atoms with Gasteiger partial charge in [-0.05, 0) is 32.3 Å². The summed E-state index contributed by atoms with van der Waals surface area (Å²) < 4.78 is 51.2. The standard InChI is InChI=1S/C19H23F3N4O3/c1-9-11(10(2)26-17(23-9)24-16(25-26)19(20,21)22)5-6-13(27)29-15-12-7-8-28-14(12)18(15,3)4/h12,14-15H,5-8H2,1-4H3/t12-,14+,15+/m0/s1. The van der Waals surface area contributed by atoms with Crippen molar-refractivity contribution in [1.82, 2.24) is 19.6 Å². The molecule has 158 valence electrons. The second kappa shape index (κ2) is 6.65. The Kier molecular flexibility index (Phi) is 4.60. The van der Waals surface area contributed by atoms with Crippen molar-refractivity contribution in [2.45, 2.75) is 65.3 Å². The number of alkyl halides is 3. The van der Waals surface area contributed by atoms with Gasteiger partial charge in [-0.25, -0.2) is 9.50 Å². The number of carbonyl (C=O) groups is 1. The lowest BCUT2D eigenvalue weighted by atomic mass is 9.59. The number of aryl methyl sites for hydroxylation is 2. The monoisotopic (exact) mass is 412 g/mol. The Bertz CT molecular complexity index is 970. The lowest BCUT2D eigenvalue weighted by molar-refractivity contribution is -0.210. The molecule has 0 spiro atoms. The van der Waals surface area contributed by atoms with E-state index in [0.717, 1.165) is 10.9 Å². The molecule has 1 saturated heterocycles. The Morgan fingerprint density at radius 1 is 1.31 bits per heavy atom. The molecule has 2 aromatic heterocycles. The van der Waals surface area contributed by atoms with E-state index in [1.54, 1.807) is 13.8 Å². The summed E-state index contributed by atoms with van der Waals surface area (Å²) in [6.07, 6.45) is -3.38. The van der Waals surface area contributed by atoms with Gasteiger partial charge in [0.15, 0.2) is 0 Å². The molecule has 1 aliphatic carbocycles. The van der Waals surface area contributed by atoms with Crippen LogP contribution >= 0.6 is 0 Å². The fourth-order valence-corrected chi connectivity index (χ4v) is 4.63. The molecule has 1 aliphatic heterocycles. The minimum absolute atomic E-state index is 0.109. The van der Waals surface area contributed by atoms with Gasteiger partial charge in [0, 0.05) is 35.7 Å². The molecular weight excluding hydrogens is 389 g/mol. The fraction of sp³-hybridized carbons (Fsp3) is 0.684. The molecular formula is C19H23F3N4O3. The van der Waals surface area contributed by atoms with Gasteiger partial charge in [-0.2, -0.15) is 18.2 Å². The van der Waals surface area contributed by atoms with Crippen LogP contribution < -0.4 is 0 Å². The van der Waals surface area contributed by atoms with E-state index < -0.39 is 12.0 Å². The van der Waals surface area contributed by atoms with Crippen LogP contribution in [-0.4, -0.2) is 44.4 Å². The second-order valence-corrected chi connectivity index (χ2v) is 8.38. The zero-order valence-corrected chi connectivity index (χ0v) is 16.7. The number of fused-ring (bicyclic) bond motifs is 2. The Balaban J connectivity index is 1.47. The maximum Gasteiger partial charge on any atom is 0.453 e. The van der Waals surface area contributed by atoms with Crippen molar-refractivity contribution in [1.29, 1.82) is 0 Å². The van der Waals surface area contributed by atoms with Crippen molar-refractivity contribution in [3.8, 4) is 0 Å². The Morgan fingerprint density at radius 3 is 2.72 bits per heavy atom. The zero-order valence-electron chi connectivity index (χ0n) is 16.7. The third-order valence-electron chi connectivity index (χ3n) is 6.13. The average molecular weight is 412 g/mol. The number of ether oxygens (including phenoxy) is 2. The predicted molar refractivity (Wildman–Crippen MR) is 95.1 cm³/mol. The number of halogens is 3. The first-order valence-electron chi connectivity index (χ1n) is 9.61. The molecule has 0 radical (unpaired) electrons. The summed E-state index contributed by atoms with van der Waals surface area (Å²) in [5, 5.41) is 3.53. The molecule has 7 nitrogen and oxygen atoms in total. The summed E-state index contributed by atoms with van der Waals surface area (Å²) in [7, 11) is 0. The number of aromatic nitrogens is 4. The molecule has 1 saturated carbocycles. The molecule has 2 aromatic rings. The second-order valence-electron chi connectivity index (χ2n) is 8.38. The number of nitrogens with zero attached hydrogens (tertiary/aromatic N) is 4. The summed E-state index contributed by atoms with van der Waals surface area (Å²) in [5.74, 6) is -1.43. The van der Waals surface area contributed by atoms with Gasteiger partial charge in [-0.15, -0.1) is 5.10 Å². The van der Waals surface area contributed by atoms with Crippen LogP contribution in [0.4, 0.5) is 13.2 Å².